The van der Waals surface area contributed by atoms with Gasteiger partial charge in [-0.2, -0.15) is 5.26 Å². The van der Waals surface area contributed by atoms with E-state index in [0.29, 0.717) is 15.9 Å². The zero-order chi connectivity index (χ0) is 15.6. The molecule has 0 atom stereocenters. The van der Waals surface area contributed by atoms with Crippen molar-refractivity contribution >= 4 is 11.8 Å². The molecule has 0 fully saturated rings. The number of aromatic amines is 1. The Bertz CT molecular complexity index is 894. The van der Waals surface area contributed by atoms with E-state index in [-0.39, 0.29) is 0 Å². The molecule has 23 heavy (non-hydrogen) atoms. The van der Waals surface area contributed by atoms with Crippen molar-refractivity contribution < 1.29 is 0 Å². The van der Waals surface area contributed by atoms with Crippen molar-refractivity contribution in [1.29, 1.82) is 5.26 Å². The first-order valence-corrected chi connectivity index (χ1v) is 8.08. The predicted molar refractivity (Wildman–Crippen MR) is 84.7 cm³/mol. The van der Waals surface area contributed by atoms with Gasteiger partial charge in [-0.15, -0.1) is 5.10 Å². The second-order valence-corrected chi connectivity index (χ2v) is 6.24. The van der Waals surface area contributed by atoms with Crippen molar-refractivity contribution in [3.05, 3.63) is 47.4 Å². The van der Waals surface area contributed by atoms with Gasteiger partial charge in [0.2, 0.25) is 5.16 Å². The number of rotatable bonds is 3. The summed E-state index contributed by atoms with van der Waals surface area (Å²) >= 11 is 1.31. The number of hydrogen-bond donors (Lipinski definition) is 1. The minimum atomic E-state index is 0.295. The van der Waals surface area contributed by atoms with E-state index in [4.69, 9.17) is 5.26 Å². The maximum Gasteiger partial charge on any atom is 0.215 e. The van der Waals surface area contributed by atoms with Crippen LogP contribution in [0.4, 0.5) is 0 Å². The third-order valence-corrected chi connectivity index (χ3v) is 4.56. The molecule has 3 aromatic rings. The number of nitrogens with zero attached hydrogens (tertiary/aromatic N) is 5. The monoisotopic (exact) mass is 320 g/mol. The smallest absolute Gasteiger partial charge is 0.215 e. The molecule has 4 rings (SSSR count). The van der Waals surface area contributed by atoms with Gasteiger partial charge < -0.3 is 0 Å². The number of nitriles is 1. The van der Waals surface area contributed by atoms with E-state index in [1.807, 2.05) is 6.07 Å². The Morgan fingerprint density at radius 1 is 1.13 bits per heavy atom. The summed E-state index contributed by atoms with van der Waals surface area (Å²) in [6.07, 6.45) is 6.53. The highest BCUT2D eigenvalue weighted by molar-refractivity contribution is 7.99. The number of nitrogens with one attached hydrogen (secondary N) is 1. The molecule has 0 amide bonds. The van der Waals surface area contributed by atoms with Gasteiger partial charge >= 0.3 is 0 Å². The highest BCUT2D eigenvalue weighted by Gasteiger charge is 2.14. The summed E-state index contributed by atoms with van der Waals surface area (Å²) in [7, 11) is 0. The Labute approximate surface area is 137 Å². The molecule has 7 heteroatoms. The average molecular weight is 320 g/mol. The van der Waals surface area contributed by atoms with Crippen LogP contribution in [0.2, 0.25) is 0 Å². The van der Waals surface area contributed by atoms with Crippen LogP contribution in [0.1, 0.15) is 23.2 Å². The molecule has 2 aromatic heterocycles. The molecule has 1 aliphatic rings. The standard InChI is InChI=1S/C16H12N6S/c17-7-13-8-19-14(9-18-13)23-16-20-15(21-22-16)12-5-4-10-2-1-3-11(10)6-12/h4-6,8-9H,1-3H2,(H,20,21,22). The van der Waals surface area contributed by atoms with Crippen LogP contribution in [-0.2, 0) is 12.8 Å². The van der Waals surface area contributed by atoms with Crippen LogP contribution in [0.25, 0.3) is 11.4 Å². The first-order chi connectivity index (χ1) is 11.3. The molecule has 0 spiro atoms. The van der Waals surface area contributed by atoms with E-state index in [1.165, 1.54) is 41.9 Å². The van der Waals surface area contributed by atoms with Crippen LogP contribution in [0, 0.1) is 11.3 Å². The SMILES string of the molecule is N#Cc1cnc(Sc2n[nH]c(-c3ccc4c(c3)CCC4)n2)cn1. The Morgan fingerprint density at radius 2 is 2.04 bits per heavy atom. The zero-order valence-corrected chi connectivity index (χ0v) is 13.0. The maximum absolute atomic E-state index is 8.73. The van der Waals surface area contributed by atoms with E-state index in [9.17, 15) is 0 Å². The summed E-state index contributed by atoms with van der Waals surface area (Å²) in [6.45, 7) is 0. The highest BCUT2D eigenvalue weighted by Crippen LogP contribution is 2.28. The minimum Gasteiger partial charge on any atom is -0.258 e. The maximum atomic E-state index is 8.73. The van der Waals surface area contributed by atoms with Crippen molar-refractivity contribution in [2.75, 3.05) is 0 Å². The molecule has 0 saturated heterocycles. The van der Waals surface area contributed by atoms with Crippen LogP contribution >= 0.6 is 11.8 Å². The van der Waals surface area contributed by atoms with Crippen molar-refractivity contribution in [2.24, 2.45) is 0 Å². The van der Waals surface area contributed by atoms with Crippen LogP contribution in [-0.4, -0.2) is 25.1 Å². The quantitative estimate of drug-likeness (QED) is 0.798. The second kappa shape index (κ2) is 5.82. The van der Waals surface area contributed by atoms with Crippen LogP contribution in [0.15, 0.2) is 40.8 Å². The van der Waals surface area contributed by atoms with Gasteiger partial charge in [0, 0.05) is 5.56 Å². The summed E-state index contributed by atoms with van der Waals surface area (Å²) in [5, 5.41) is 17.2. The van der Waals surface area contributed by atoms with Gasteiger partial charge in [-0.1, -0.05) is 12.1 Å². The molecule has 0 saturated carbocycles. The van der Waals surface area contributed by atoms with Crippen molar-refractivity contribution in [3.63, 3.8) is 0 Å². The van der Waals surface area contributed by atoms with Crippen molar-refractivity contribution in [3.8, 4) is 17.5 Å². The van der Waals surface area contributed by atoms with Gasteiger partial charge in [-0.25, -0.2) is 15.0 Å². The van der Waals surface area contributed by atoms with Gasteiger partial charge in [-0.3, -0.25) is 5.10 Å². The molecule has 0 unspecified atom stereocenters. The summed E-state index contributed by atoms with van der Waals surface area (Å²) in [5.74, 6) is 0.754. The first kappa shape index (κ1) is 13.9. The van der Waals surface area contributed by atoms with Gasteiger partial charge in [0.05, 0.1) is 12.4 Å². The lowest BCUT2D eigenvalue weighted by molar-refractivity contribution is 0.912. The molecule has 1 aromatic carbocycles. The molecule has 0 bridgehead atoms. The van der Waals surface area contributed by atoms with Gasteiger partial charge in [-0.05, 0) is 48.2 Å². The van der Waals surface area contributed by atoms with Gasteiger partial charge in [0.1, 0.15) is 11.1 Å². The molecule has 2 heterocycles. The topological polar surface area (TPSA) is 91.1 Å². The van der Waals surface area contributed by atoms with Crippen LogP contribution < -0.4 is 0 Å². The third kappa shape index (κ3) is 2.81. The molecular weight excluding hydrogens is 308 g/mol. The van der Waals surface area contributed by atoms with Crippen molar-refractivity contribution in [2.45, 2.75) is 29.4 Å². The molecule has 0 radical (unpaired) electrons. The fourth-order valence-corrected chi connectivity index (χ4v) is 3.29. The first-order valence-electron chi connectivity index (χ1n) is 7.26. The number of aryl methyl sites for hydroxylation is 2. The Kier molecular flexibility index (Phi) is 3.52. The third-order valence-electron chi connectivity index (χ3n) is 3.78. The van der Waals surface area contributed by atoms with E-state index < -0.39 is 0 Å². The Morgan fingerprint density at radius 3 is 2.87 bits per heavy atom. The number of H-pyrrole nitrogens is 1. The molecule has 1 aliphatic carbocycles. The van der Waals surface area contributed by atoms with Crippen LogP contribution in [0.3, 0.4) is 0 Å². The van der Waals surface area contributed by atoms with E-state index in [0.717, 1.165) is 17.8 Å². The molecule has 1 N–H and O–H groups in total. The molecule has 112 valence electrons. The molecular formula is C16H12N6S. The lowest BCUT2D eigenvalue weighted by atomic mass is 10.1. The summed E-state index contributed by atoms with van der Waals surface area (Å²) in [5.41, 5.74) is 4.20. The minimum absolute atomic E-state index is 0.295. The normalized spacial score (nSPS) is 12.8. The Balaban J connectivity index is 1.55. The number of aromatic nitrogens is 5. The van der Waals surface area contributed by atoms with Gasteiger partial charge in [0.25, 0.3) is 0 Å². The fraction of sp³-hybridized carbons (Fsp3) is 0.188. The number of hydrogen-bond acceptors (Lipinski definition) is 6. The second-order valence-electron chi connectivity index (χ2n) is 5.26. The molecule has 6 nitrogen and oxygen atoms in total. The fourth-order valence-electron chi connectivity index (χ4n) is 2.66. The average Bonchev–Trinajstić information content (AvgIpc) is 3.23. The highest BCUT2D eigenvalue weighted by atomic mass is 32.2. The number of fused-ring (bicyclic) bond motifs is 1. The number of benzene rings is 1. The Hall–Kier alpha value is -2.72. The van der Waals surface area contributed by atoms with E-state index in [2.05, 4.69) is 43.3 Å². The lowest BCUT2D eigenvalue weighted by Gasteiger charge is -2.01. The van der Waals surface area contributed by atoms with Crippen LogP contribution in [0.5, 0.6) is 0 Å². The van der Waals surface area contributed by atoms with E-state index >= 15 is 0 Å². The predicted octanol–water partition coefficient (Wildman–Crippen LogP) is 2.77. The summed E-state index contributed by atoms with van der Waals surface area (Å²) in [6, 6.07) is 8.40. The molecule has 0 aliphatic heterocycles. The van der Waals surface area contributed by atoms with Crippen molar-refractivity contribution in [1.82, 2.24) is 25.1 Å². The summed E-state index contributed by atoms with van der Waals surface area (Å²) < 4.78 is 0. The summed E-state index contributed by atoms with van der Waals surface area (Å²) in [4.78, 5) is 12.7. The largest absolute Gasteiger partial charge is 0.258 e. The van der Waals surface area contributed by atoms with Gasteiger partial charge in [0.15, 0.2) is 11.5 Å². The zero-order valence-electron chi connectivity index (χ0n) is 12.2. The lowest BCUT2D eigenvalue weighted by Crippen LogP contribution is -1.87. The van der Waals surface area contributed by atoms with E-state index in [1.54, 1.807) is 6.20 Å².